The molecule has 3 rings (SSSR count). The molecule has 2 nitrogen and oxygen atoms in total. The smallest absolute Gasteiger partial charge is 0.314 e. The summed E-state index contributed by atoms with van der Waals surface area (Å²) < 4.78 is 5.64. The van der Waals surface area contributed by atoms with Crippen LogP contribution in [0.25, 0.3) is 0 Å². The lowest BCUT2D eigenvalue weighted by Crippen LogP contribution is -2.34. The highest BCUT2D eigenvalue weighted by atomic mass is 28.3. The molecular formula is C15H18O2Si. The Hall–Kier alpha value is -1.35. The van der Waals surface area contributed by atoms with Crippen molar-refractivity contribution in [2.45, 2.75) is 30.8 Å². The summed E-state index contributed by atoms with van der Waals surface area (Å²) in [4.78, 5) is 12.0. The molecule has 0 radical (unpaired) electrons. The number of ether oxygens (including phenoxy) is 1. The first-order valence-electron chi connectivity index (χ1n) is 6.35. The van der Waals surface area contributed by atoms with E-state index in [4.69, 9.17) is 4.74 Å². The Morgan fingerprint density at radius 2 is 1.83 bits per heavy atom. The van der Waals surface area contributed by atoms with E-state index in [9.17, 15) is 4.79 Å². The predicted octanol–water partition coefficient (Wildman–Crippen LogP) is 3.55. The van der Waals surface area contributed by atoms with Gasteiger partial charge in [0.05, 0.1) is 14.0 Å². The van der Waals surface area contributed by atoms with Gasteiger partial charge in [-0.3, -0.25) is 4.79 Å². The first kappa shape index (κ1) is 11.7. The van der Waals surface area contributed by atoms with E-state index in [2.05, 4.69) is 26.2 Å². The molecule has 3 atom stereocenters. The Kier molecular flexibility index (Phi) is 2.18. The van der Waals surface area contributed by atoms with Crippen molar-refractivity contribution in [3.05, 3.63) is 48.0 Å². The van der Waals surface area contributed by atoms with Crippen LogP contribution < -0.4 is 0 Å². The number of hydrogen-bond donors (Lipinski definition) is 0. The van der Waals surface area contributed by atoms with Gasteiger partial charge in [0, 0.05) is 5.04 Å². The molecule has 0 aromatic heterocycles. The maximum atomic E-state index is 12.0. The number of benzene rings is 1. The maximum absolute atomic E-state index is 12.0. The number of esters is 1. The molecule has 1 saturated heterocycles. The Labute approximate surface area is 109 Å². The molecule has 1 aromatic rings. The van der Waals surface area contributed by atoms with Gasteiger partial charge in [-0.25, -0.2) is 0 Å². The van der Waals surface area contributed by atoms with Gasteiger partial charge in [0.25, 0.3) is 0 Å². The van der Waals surface area contributed by atoms with E-state index >= 15 is 0 Å². The van der Waals surface area contributed by atoms with Crippen LogP contribution in [0.3, 0.4) is 0 Å². The van der Waals surface area contributed by atoms with Gasteiger partial charge in [-0.2, -0.15) is 0 Å². The van der Waals surface area contributed by atoms with E-state index in [-0.39, 0.29) is 23.0 Å². The lowest BCUT2D eigenvalue weighted by atomic mass is 10.0. The Morgan fingerprint density at radius 3 is 2.33 bits per heavy atom. The van der Waals surface area contributed by atoms with E-state index in [1.807, 2.05) is 30.3 Å². The summed E-state index contributed by atoms with van der Waals surface area (Å²) in [6.45, 7) is 11.1. The SMILES string of the molecule is C=C1[C@H]2C(=O)O[C@H](c3ccccc3)[C@@]12[Si](C)(C)C. The number of cyclic esters (lactones) is 1. The highest BCUT2D eigenvalue weighted by Gasteiger charge is 2.78. The van der Waals surface area contributed by atoms with E-state index in [1.165, 1.54) is 0 Å². The summed E-state index contributed by atoms with van der Waals surface area (Å²) in [6, 6.07) is 10.1. The second-order valence-corrected chi connectivity index (χ2v) is 11.6. The normalized spacial score (nSPS) is 34.2. The predicted molar refractivity (Wildman–Crippen MR) is 73.9 cm³/mol. The Balaban J connectivity index is 2.11. The lowest BCUT2D eigenvalue weighted by molar-refractivity contribution is -0.144. The third kappa shape index (κ3) is 1.20. The third-order valence-electron chi connectivity index (χ3n) is 4.48. The molecule has 2 fully saturated rings. The fourth-order valence-electron chi connectivity index (χ4n) is 3.60. The minimum absolute atomic E-state index is 0.0469. The van der Waals surface area contributed by atoms with Gasteiger partial charge in [0.2, 0.25) is 0 Å². The van der Waals surface area contributed by atoms with Crippen LogP contribution in [0.15, 0.2) is 42.5 Å². The van der Waals surface area contributed by atoms with Crippen LogP contribution in [0.1, 0.15) is 11.7 Å². The standard InChI is InChI=1S/C15H18O2Si/c1-10-12-14(16)17-13(11-8-6-5-7-9-11)15(10,12)18(2,3)4/h5-9,12-13H,1H2,2-4H3/t12-,13+,15+/m0/s1. The molecule has 1 heterocycles. The molecule has 0 amide bonds. The molecule has 0 unspecified atom stereocenters. The lowest BCUT2D eigenvalue weighted by Gasteiger charge is -2.32. The fourth-order valence-corrected chi connectivity index (χ4v) is 6.81. The summed E-state index contributed by atoms with van der Waals surface area (Å²) in [6.07, 6.45) is -0.115. The van der Waals surface area contributed by atoms with E-state index in [0.717, 1.165) is 11.1 Å². The van der Waals surface area contributed by atoms with Gasteiger partial charge in [0.15, 0.2) is 0 Å². The minimum atomic E-state index is -1.57. The van der Waals surface area contributed by atoms with Crippen molar-refractivity contribution < 1.29 is 9.53 Å². The van der Waals surface area contributed by atoms with Gasteiger partial charge in [-0.05, 0) is 5.56 Å². The topological polar surface area (TPSA) is 26.3 Å². The summed E-state index contributed by atoms with van der Waals surface area (Å²) in [7, 11) is -1.57. The van der Waals surface area contributed by atoms with E-state index < -0.39 is 8.07 Å². The van der Waals surface area contributed by atoms with Crippen LogP contribution >= 0.6 is 0 Å². The van der Waals surface area contributed by atoms with Gasteiger partial charge in [-0.1, -0.05) is 62.1 Å². The summed E-state index contributed by atoms with van der Waals surface area (Å²) in [5.41, 5.74) is 2.21. The van der Waals surface area contributed by atoms with Crippen molar-refractivity contribution in [3.8, 4) is 0 Å². The van der Waals surface area contributed by atoms with Crippen molar-refractivity contribution in [1.82, 2.24) is 0 Å². The Bertz CT molecular complexity index is 529. The van der Waals surface area contributed by atoms with Crippen molar-refractivity contribution in [2.24, 2.45) is 5.92 Å². The second-order valence-electron chi connectivity index (χ2n) is 6.30. The zero-order chi connectivity index (χ0) is 13.1. The molecule has 0 spiro atoms. The molecule has 2 aliphatic rings. The second kappa shape index (κ2) is 3.35. The highest BCUT2D eigenvalue weighted by Crippen LogP contribution is 2.80. The average Bonchev–Trinajstić information content (AvgIpc) is 2.79. The number of carbonyl (C=O) groups is 1. The van der Waals surface area contributed by atoms with Gasteiger partial charge >= 0.3 is 5.97 Å². The molecule has 0 N–H and O–H groups in total. The van der Waals surface area contributed by atoms with Crippen LogP contribution in [-0.2, 0) is 9.53 Å². The average molecular weight is 258 g/mol. The Morgan fingerprint density at radius 1 is 1.22 bits per heavy atom. The summed E-state index contributed by atoms with van der Waals surface area (Å²) in [5, 5.41) is -0.0779. The van der Waals surface area contributed by atoms with Gasteiger partial charge in [-0.15, -0.1) is 0 Å². The molecule has 94 valence electrons. The van der Waals surface area contributed by atoms with Crippen LogP contribution in [-0.4, -0.2) is 14.0 Å². The maximum Gasteiger partial charge on any atom is 0.314 e. The largest absolute Gasteiger partial charge is 0.456 e. The zero-order valence-electron chi connectivity index (χ0n) is 11.1. The summed E-state index contributed by atoms with van der Waals surface area (Å²) >= 11 is 0. The van der Waals surface area contributed by atoms with Crippen molar-refractivity contribution in [3.63, 3.8) is 0 Å². The zero-order valence-corrected chi connectivity index (χ0v) is 12.1. The number of rotatable bonds is 2. The molecule has 1 aromatic carbocycles. The molecule has 1 aliphatic carbocycles. The van der Waals surface area contributed by atoms with Crippen molar-refractivity contribution in [1.29, 1.82) is 0 Å². The van der Waals surface area contributed by atoms with E-state index in [1.54, 1.807) is 0 Å². The first-order valence-corrected chi connectivity index (χ1v) is 9.85. The minimum Gasteiger partial charge on any atom is -0.456 e. The monoisotopic (exact) mass is 258 g/mol. The number of hydrogen-bond acceptors (Lipinski definition) is 2. The van der Waals surface area contributed by atoms with E-state index in [0.29, 0.717) is 0 Å². The highest BCUT2D eigenvalue weighted by molar-refractivity contribution is 6.82. The molecule has 0 bridgehead atoms. The van der Waals surface area contributed by atoms with Crippen LogP contribution in [0, 0.1) is 5.92 Å². The molecule has 3 heteroatoms. The quantitative estimate of drug-likeness (QED) is 0.461. The molecule has 1 saturated carbocycles. The fraction of sp³-hybridized carbons (Fsp3) is 0.400. The number of fused-ring (bicyclic) bond motifs is 1. The van der Waals surface area contributed by atoms with Crippen LogP contribution in [0.2, 0.25) is 24.7 Å². The van der Waals surface area contributed by atoms with Gasteiger partial charge in [0.1, 0.15) is 6.10 Å². The van der Waals surface area contributed by atoms with Crippen molar-refractivity contribution in [2.75, 3.05) is 0 Å². The molecule has 1 aliphatic heterocycles. The first-order chi connectivity index (χ1) is 8.40. The summed E-state index contributed by atoms with van der Waals surface area (Å²) in [5.74, 6) is -0.120. The van der Waals surface area contributed by atoms with Gasteiger partial charge < -0.3 is 4.74 Å². The van der Waals surface area contributed by atoms with Crippen LogP contribution in [0.4, 0.5) is 0 Å². The van der Waals surface area contributed by atoms with Crippen molar-refractivity contribution >= 4 is 14.0 Å². The van der Waals surface area contributed by atoms with Crippen LogP contribution in [0.5, 0.6) is 0 Å². The number of carbonyl (C=O) groups excluding carboxylic acids is 1. The molecular weight excluding hydrogens is 240 g/mol. The third-order valence-corrected chi connectivity index (χ3v) is 7.83. The molecule has 18 heavy (non-hydrogen) atoms.